The first kappa shape index (κ1) is 10.2. The van der Waals surface area contributed by atoms with Gasteiger partial charge in [-0.1, -0.05) is 0 Å². The molecule has 4 N–H and O–H groups in total. The van der Waals surface area contributed by atoms with E-state index in [0.717, 1.165) is 0 Å². The molecular formula is C2H8N2O4. The molecule has 0 aromatic rings. The van der Waals surface area contributed by atoms with Crippen LogP contribution in [0.25, 0.3) is 0 Å². The average Bonchev–Trinajstić information content (AvgIpc) is 1.65. The summed E-state index contributed by atoms with van der Waals surface area (Å²) in [5, 5.41) is 22.6. The molecule has 0 fully saturated rings. The number of rotatable bonds is 1. The van der Waals surface area contributed by atoms with Crippen molar-refractivity contribution in [2.45, 2.75) is 0 Å². The van der Waals surface area contributed by atoms with E-state index < -0.39 is 5.09 Å². The molecule has 6 nitrogen and oxygen atoms in total. The maximum atomic E-state index is 8.25. The van der Waals surface area contributed by atoms with Crippen LogP contribution in [0, 0.1) is 15.3 Å². The zero-order valence-corrected chi connectivity index (χ0v) is 4.24. The van der Waals surface area contributed by atoms with Crippen molar-refractivity contribution in [2.24, 2.45) is 0 Å². The normalized spacial score (nSPS) is 6.75. The number of aliphatic hydroxyl groups is 1. The van der Waals surface area contributed by atoms with Gasteiger partial charge in [0.25, 0.3) is 0 Å². The van der Waals surface area contributed by atoms with E-state index in [0.29, 0.717) is 6.54 Å². The summed E-state index contributed by atoms with van der Waals surface area (Å²) in [4.78, 5) is 8.25. The summed E-state index contributed by atoms with van der Waals surface area (Å²) in [7, 11) is 0. The molecule has 50 valence electrons. The van der Waals surface area contributed by atoms with Crippen LogP contribution in [-0.2, 0) is 0 Å². The Morgan fingerprint density at radius 3 is 1.75 bits per heavy atom. The second-order valence-corrected chi connectivity index (χ2v) is 0.801. The molecular weight excluding hydrogens is 116 g/mol. The minimum absolute atomic E-state index is 0.208. The van der Waals surface area contributed by atoms with Crippen molar-refractivity contribution in [3.8, 4) is 0 Å². The number of hydrogen-bond acceptors (Lipinski definition) is 4. The molecule has 0 saturated carbocycles. The zero-order valence-electron chi connectivity index (χ0n) is 4.24. The van der Waals surface area contributed by atoms with E-state index in [-0.39, 0.29) is 6.61 Å². The van der Waals surface area contributed by atoms with E-state index in [1.54, 1.807) is 0 Å². The van der Waals surface area contributed by atoms with E-state index in [1.807, 2.05) is 0 Å². The van der Waals surface area contributed by atoms with Crippen LogP contribution in [0.4, 0.5) is 0 Å². The molecule has 0 amide bonds. The Balaban J connectivity index is 0. The Kier molecular flexibility index (Phi) is 12.0. The van der Waals surface area contributed by atoms with Gasteiger partial charge in [0.05, 0.1) is 18.2 Å². The third-order valence-corrected chi connectivity index (χ3v) is 0.158. The van der Waals surface area contributed by atoms with Gasteiger partial charge in [0.1, 0.15) is 0 Å². The summed E-state index contributed by atoms with van der Waals surface area (Å²) in [6.45, 7) is 0.833. The number of aliphatic hydroxyl groups excluding tert-OH is 1. The fraction of sp³-hybridized carbons (Fsp3) is 1.00. The third kappa shape index (κ3) is 6040. The van der Waals surface area contributed by atoms with Gasteiger partial charge in [-0.2, -0.15) is 0 Å². The first-order valence-corrected chi connectivity index (χ1v) is 1.86. The molecule has 0 atom stereocenters. The van der Waals surface area contributed by atoms with Gasteiger partial charge in [-0.15, -0.1) is 0 Å². The molecule has 0 heterocycles. The van der Waals surface area contributed by atoms with E-state index in [4.69, 9.17) is 20.4 Å². The molecule has 0 unspecified atom stereocenters. The fourth-order valence-corrected chi connectivity index (χ4v) is 0. The molecule has 0 spiro atoms. The molecule has 0 aromatic heterocycles. The van der Waals surface area contributed by atoms with Crippen molar-refractivity contribution in [3.63, 3.8) is 0 Å². The Morgan fingerprint density at radius 2 is 1.75 bits per heavy atom. The van der Waals surface area contributed by atoms with E-state index in [2.05, 4.69) is 5.73 Å². The van der Waals surface area contributed by atoms with E-state index in [1.165, 1.54) is 0 Å². The number of nitrogens with zero attached hydrogens (tertiary/aromatic N) is 1. The second kappa shape index (κ2) is 9.45. The van der Waals surface area contributed by atoms with E-state index in [9.17, 15) is 0 Å². The topological polar surface area (TPSA) is 114 Å². The van der Waals surface area contributed by atoms with Crippen LogP contribution < -0.4 is 5.73 Å². The lowest BCUT2D eigenvalue weighted by Crippen LogP contribution is -2.51. The summed E-state index contributed by atoms with van der Waals surface area (Å²) in [5.41, 5.74) is 3.35. The molecule has 0 aliphatic carbocycles. The third-order valence-electron chi connectivity index (χ3n) is 0.158. The van der Waals surface area contributed by atoms with Gasteiger partial charge in [-0.05, 0) is 0 Å². The van der Waals surface area contributed by atoms with Crippen LogP contribution in [-0.4, -0.2) is 23.3 Å². The number of hydrogen-bond donors (Lipinski definition) is 2. The average molecular weight is 124 g/mol. The summed E-state index contributed by atoms with van der Waals surface area (Å²) in [6.07, 6.45) is 0. The second-order valence-electron chi connectivity index (χ2n) is 0.801. The Labute approximate surface area is 45.6 Å². The van der Waals surface area contributed by atoms with Crippen molar-refractivity contribution in [2.75, 3.05) is 13.2 Å². The molecule has 0 aliphatic rings. The maximum Gasteiger partial charge on any atom is 0.0974 e. The summed E-state index contributed by atoms with van der Waals surface area (Å²) < 4.78 is 0. The van der Waals surface area contributed by atoms with Crippen molar-refractivity contribution < 1.29 is 15.9 Å². The predicted molar refractivity (Wildman–Crippen MR) is 25.2 cm³/mol. The molecule has 0 rings (SSSR count). The van der Waals surface area contributed by atoms with Gasteiger partial charge in [-0.25, -0.2) is 0 Å². The van der Waals surface area contributed by atoms with E-state index >= 15 is 0 Å². The van der Waals surface area contributed by atoms with Crippen molar-refractivity contribution in [1.82, 2.24) is 0 Å². The maximum absolute atomic E-state index is 8.25. The first-order chi connectivity index (χ1) is 3.65. The zero-order chi connectivity index (χ0) is 6.99. The summed E-state index contributed by atoms with van der Waals surface area (Å²) >= 11 is 0. The van der Waals surface area contributed by atoms with Crippen molar-refractivity contribution in [3.05, 3.63) is 15.3 Å². The van der Waals surface area contributed by atoms with Gasteiger partial charge in [0.2, 0.25) is 0 Å². The van der Waals surface area contributed by atoms with Crippen LogP contribution in [0.2, 0.25) is 0 Å². The van der Waals surface area contributed by atoms with Gasteiger partial charge in [-0.3, -0.25) is 0 Å². The highest BCUT2D eigenvalue weighted by atomic mass is 16.9. The van der Waals surface area contributed by atoms with Crippen LogP contribution in [0.15, 0.2) is 0 Å². The first-order valence-electron chi connectivity index (χ1n) is 1.86. The smallest absolute Gasteiger partial charge is 0.0974 e. The highest BCUT2D eigenvalue weighted by molar-refractivity contribution is 4.04. The molecule has 0 aliphatic heterocycles. The van der Waals surface area contributed by atoms with Crippen molar-refractivity contribution >= 4 is 0 Å². The predicted octanol–water partition coefficient (Wildman–Crippen LogP) is -2.02. The molecule has 8 heavy (non-hydrogen) atoms. The van der Waals surface area contributed by atoms with Gasteiger partial charge in [0, 0.05) is 0 Å². The van der Waals surface area contributed by atoms with Gasteiger partial charge in [0.15, 0.2) is 0 Å². The quantitative estimate of drug-likeness (QED) is 0.310. The molecule has 0 radical (unpaired) electrons. The van der Waals surface area contributed by atoms with Gasteiger partial charge >= 0.3 is 0 Å². The Hall–Kier alpha value is -0.880. The molecule has 0 bridgehead atoms. The van der Waals surface area contributed by atoms with Crippen LogP contribution >= 0.6 is 0 Å². The lowest BCUT2D eigenvalue weighted by atomic mass is 10.8. The minimum Gasteiger partial charge on any atom is -0.391 e. The molecule has 0 aromatic carbocycles. The highest BCUT2D eigenvalue weighted by Gasteiger charge is 1.60. The largest absolute Gasteiger partial charge is 0.391 e. The highest BCUT2D eigenvalue weighted by Crippen LogP contribution is 1.44. The Morgan fingerprint density at radius 1 is 1.62 bits per heavy atom. The Bertz CT molecular complexity index is 50.0. The molecule has 0 saturated heterocycles. The molecule has 6 heteroatoms. The van der Waals surface area contributed by atoms with Gasteiger partial charge < -0.3 is 26.2 Å². The lowest BCUT2D eigenvalue weighted by molar-refractivity contribution is -0.402. The van der Waals surface area contributed by atoms with Crippen LogP contribution in [0.3, 0.4) is 0 Å². The monoisotopic (exact) mass is 124 g/mol. The standard InChI is InChI=1S/C2H7NO.NO3/c3-1-2-4;2-1(3)4/h4H,1-3H2;/q;-1/p+1. The lowest BCUT2D eigenvalue weighted by Gasteiger charge is -1.74. The van der Waals surface area contributed by atoms with Crippen molar-refractivity contribution in [1.29, 1.82) is 0 Å². The summed E-state index contributed by atoms with van der Waals surface area (Å²) in [5.74, 6) is 0. The van der Waals surface area contributed by atoms with Crippen LogP contribution in [0.5, 0.6) is 0 Å². The van der Waals surface area contributed by atoms with Crippen LogP contribution in [0.1, 0.15) is 0 Å². The SMILES string of the molecule is O=[N+]([O-])[O-].[NH3+]CCO. The minimum atomic E-state index is -1.75. The fourth-order valence-electron chi connectivity index (χ4n) is 0. The number of quaternary nitrogens is 1. The summed E-state index contributed by atoms with van der Waals surface area (Å²) in [6, 6.07) is 0.